The summed E-state index contributed by atoms with van der Waals surface area (Å²) in [6, 6.07) is 13.7. The van der Waals surface area contributed by atoms with Crippen LogP contribution in [0.2, 0.25) is 5.02 Å². The van der Waals surface area contributed by atoms with E-state index in [-0.39, 0.29) is 23.8 Å². The van der Waals surface area contributed by atoms with Crippen molar-refractivity contribution < 1.29 is 14.3 Å². The highest BCUT2D eigenvalue weighted by Gasteiger charge is 2.35. The maximum absolute atomic E-state index is 13.0. The molecule has 0 fully saturated rings. The normalized spacial score (nSPS) is 14.8. The van der Waals surface area contributed by atoms with Crippen LogP contribution in [0.3, 0.4) is 0 Å². The summed E-state index contributed by atoms with van der Waals surface area (Å²) < 4.78 is 5.53. The van der Waals surface area contributed by atoms with Gasteiger partial charge in [0.1, 0.15) is 11.6 Å². The number of hydrogen-bond donors (Lipinski definition) is 4. The summed E-state index contributed by atoms with van der Waals surface area (Å²) in [6.45, 7) is 2.26. The molecule has 4 rings (SSSR count). The number of amides is 2. The molecule has 1 aliphatic rings. The Morgan fingerprint density at radius 3 is 2.69 bits per heavy atom. The number of fused-ring (bicyclic) bond motifs is 1. The van der Waals surface area contributed by atoms with Crippen LogP contribution in [-0.4, -0.2) is 28.4 Å². The van der Waals surface area contributed by atoms with Crippen LogP contribution in [0.4, 0.5) is 23.1 Å². The number of hydrogen-bond acceptors (Lipinski definition) is 6. The molecule has 0 saturated carbocycles. The smallest absolute Gasteiger partial charge is 0.258 e. The molecule has 1 atom stereocenters. The summed E-state index contributed by atoms with van der Waals surface area (Å²) >= 11 is 5.89. The van der Waals surface area contributed by atoms with Gasteiger partial charge in [-0.05, 0) is 43.3 Å². The molecule has 32 heavy (non-hydrogen) atoms. The Kier molecular flexibility index (Phi) is 6.09. The van der Waals surface area contributed by atoms with E-state index < -0.39 is 23.3 Å². The van der Waals surface area contributed by atoms with Crippen molar-refractivity contribution in [1.82, 2.24) is 9.97 Å². The lowest BCUT2D eigenvalue weighted by Gasteiger charge is -2.24. The minimum atomic E-state index is -1.01. The predicted octanol–water partition coefficient (Wildman–Crippen LogP) is 3.63. The van der Waals surface area contributed by atoms with Crippen molar-refractivity contribution in [3.05, 3.63) is 69.5 Å². The lowest BCUT2D eigenvalue weighted by atomic mass is 9.92. The SMILES string of the molecule is CCOc1ccccc1NC(=O)[C@H]1CC(=O)Nc2nc(Nc3ccc(Cl)cc3)[nH]c(=O)c21. The van der Waals surface area contributed by atoms with Gasteiger partial charge in [-0.15, -0.1) is 0 Å². The number of carbonyl (C=O) groups is 2. The van der Waals surface area contributed by atoms with Crippen LogP contribution in [0, 0.1) is 0 Å². The van der Waals surface area contributed by atoms with Gasteiger partial charge in [0, 0.05) is 17.1 Å². The topological polar surface area (TPSA) is 125 Å². The number of ether oxygens (including phenoxy) is 1. The number of rotatable bonds is 6. The first-order chi connectivity index (χ1) is 15.4. The Morgan fingerprint density at radius 1 is 1.19 bits per heavy atom. The number of anilines is 4. The highest BCUT2D eigenvalue weighted by molar-refractivity contribution is 6.30. The molecule has 164 valence electrons. The number of carbonyl (C=O) groups excluding carboxylic acids is 2. The van der Waals surface area contributed by atoms with Gasteiger partial charge in [-0.2, -0.15) is 4.98 Å². The Hall–Kier alpha value is -3.85. The highest BCUT2D eigenvalue weighted by atomic mass is 35.5. The largest absolute Gasteiger partial charge is 0.492 e. The number of benzene rings is 2. The molecule has 0 saturated heterocycles. The molecular formula is C22H20ClN5O4. The van der Waals surface area contributed by atoms with Crippen molar-refractivity contribution in [2.75, 3.05) is 22.6 Å². The van der Waals surface area contributed by atoms with Crippen molar-refractivity contribution in [3.63, 3.8) is 0 Å². The summed E-state index contributed by atoms with van der Waals surface area (Å²) in [5, 5.41) is 8.85. The van der Waals surface area contributed by atoms with Gasteiger partial charge in [0.05, 0.1) is 23.8 Å². The number of para-hydroxylation sites is 2. The minimum Gasteiger partial charge on any atom is -0.492 e. The molecule has 0 aliphatic carbocycles. The molecule has 2 aromatic carbocycles. The molecule has 10 heteroatoms. The Labute approximate surface area is 188 Å². The second-order valence-corrected chi connectivity index (χ2v) is 7.47. The predicted molar refractivity (Wildman–Crippen MR) is 122 cm³/mol. The van der Waals surface area contributed by atoms with Gasteiger partial charge in [0.25, 0.3) is 5.56 Å². The van der Waals surface area contributed by atoms with Crippen molar-refractivity contribution in [2.24, 2.45) is 0 Å². The molecule has 0 spiro atoms. The van der Waals surface area contributed by atoms with E-state index >= 15 is 0 Å². The van der Waals surface area contributed by atoms with E-state index in [1.54, 1.807) is 48.5 Å². The summed E-state index contributed by atoms with van der Waals surface area (Å²) in [6.07, 6.45) is -0.176. The highest BCUT2D eigenvalue weighted by Crippen LogP contribution is 2.32. The minimum absolute atomic E-state index is 0.0414. The summed E-state index contributed by atoms with van der Waals surface area (Å²) in [5.74, 6) is -1.25. The van der Waals surface area contributed by atoms with Gasteiger partial charge >= 0.3 is 0 Å². The van der Waals surface area contributed by atoms with Gasteiger partial charge in [-0.1, -0.05) is 23.7 Å². The number of nitrogens with one attached hydrogen (secondary N) is 4. The second kappa shape index (κ2) is 9.11. The third kappa shape index (κ3) is 4.57. The first kappa shape index (κ1) is 21.4. The average molecular weight is 454 g/mol. The molecule has 0 unspecified atom stereocenters. The fourth-order valence-corrected chi connectivity index (χ4v) is 3.52. The molecule has 2 amide bonds. The zero-order valence-corrected chi connectivity index (χ0v) is 17.8. The van der Waals surface area contributed by atoms with E-state index in [1.807, 2.05) is 6.92 Å². The molecule has 9 nitrogen and oxygen atoms in total. The first-order valence-electron chi connectivity index (χ1n) is 9.94. The zero-order chi connectivity index (χ0) is 22.7. The van der Waals surface area contributed by atoms with Gasteiger partial charge in [0.15, 0.2) is 0 Å². The Morgan fingerprint density at radius 2 is 1.94 bits per heavy atom. The van der Waals surface area contributed by atoms with E-state index in [2.05, 4.69) is 25.9 Å². The van der Waals surface area contributed by atoms with Crippen LogP contribution < -0.4 is 26.2 Å². The van der Waals surface area contributed by atoms with E-state index in [1.165, 1.54) is 0 Å². The fourth-order valence-electron chi connectivity index (χ4n) is 3.40. The van der Waals surface area contributed by atoms with Gasteiger partial charge in [0.2, 0.25) is 17.8 Å². The number of H-pyrrole nitrogens is 1. The van der Waals surface area contributed by atoms with Crippen LogP contribution in [-0.2, 0) is 9.59 Å². The van der Waals surface area contributed by atoms with Crippen LogP contribution in [0.15, 0.2) is 53.3 Å². The van der Waals surface area contributed by atoms with E-state index in [9.17, 15) is 14.4 Å². The van der Waals surface area contributed by atoms with Gasteiger partial charge in [-0.25, -0.2) is 0 Å². The molecule has 4 N–H and O–H groups in total. The van der Waals surface area contributed by atoms with Crippen LogP contribution >= 0.6 is 11.6 Å². The van der Waals surface area contributed by atoms with Crippen LogP contribution in [0.25, 0.3) is 0 Å². The third-order valence-corrected chi connectivity index (χ3v) is 5.07. The first-order valence-corrected chi connectivity index (χ1v) is 10.3. The lowest BCUT2D eigenvalue weighted by molar-refractivity contribution is -0.123. The zero-order valence-electron chi connectivity index (χ0n) is 17.1. The summed E-state index contributed by atoms with van der Waals surface area (Å²) in [4.78, 5) is 45.1. The van der Waals surface area contributed by atoms with E-state index in [0.29, 0.717) is 28.8 Å². The van der Waals surface area contributed by atoms with Gasteiger partial charge in [-0.3, -0.25) is 19.4 Å². The lowest BCUT2D eigenvalue weighted by Crippen LogP contribution is -2.36. The summed E-state index contributed by atoms with van der Waals surface area (Å²) in [5.41, 5.74) is 0.668. The Balaban J connectivity index is 1.63. The maximum atomic E-state index is 13.0. The van der Waals surface area contributed by atoms with E-state index in [4.69, 9.17) is 16.3 Å². The molecule has 1 aromatic heterocycles. The van der Waals surface area contributed by atoms with E-state index in [0.717, 1.165) is 0 Å². The van der Waals surface area contributed by atoms with Crippen molar-refractivity contribution in [1.29, 1.82) is 0 Å². The quantitative estimate of drug-likeness (QED) is 0.451. The molecule has 3 aromatic rings. The van der Waals surface area contributed by atoms with Crippen LogP contribution in [0.5, 0.6) is 5.75 Å². The standard InChI is InChI=1S/C22H20ClN5O4/c1-2-32-16-6-4-3-5-15(16)25-20(30)14-11-17(29)26-19-18(14)21(31)28-22(27-19)24-13-9-7-12(23)8-10-13/h3-10,14H,2,11H2,1H3,(H,25,30)(H3,24,26,27,28,29,31)/t14-/m0/s1. The molecule has 2 heterocycles. The fraction of sp³-hybridized carbons (Fsp3) is 0.182. The van der Waals surface area contributed by atoms with Crippen LogP contribution in [0.1, 0.15) is 24.8 Å². The second-order valence-electron chi connectivity index (χ2n) is 7.03. The molecule has 0 radical (unpaired) electrons. The maximum Gasteiger partial charge on any atom is 0.258 e. The summed E-state index contributed by atoms with van der Waals surface area (Å²) in [7, 11) is 0. The number of halogens is 1. The molecule has 1 aliphatic heterocycles. The molecule has 0 bridgehead atoms. The number of nitrogens with zero attached hydrogens (tertiary/aromatic N) is 1. The third-order valence-electron chi connectivity index (χ3n) is 4.82. The van der Waals surface area contributed by atoms with Crippen molar-refractivity contribution >= 4 is 46.6 Å². The number of aromatic nitrogens is 2. The average Bonchev–Trinajstić information content (AvgIpc) is 2.76. The molecular weight excluding hydrogens is 434 g/mol. The number of aromatic amines is 1. The monoisotopic (exact) mass is 453 g/mol. The van der Waals surface area contributed by atoms with Crippen molar-refractivity contribution in [3.8, 4) is 5.75 Å². The Bertz CT molecular complexity index is 1230. The van der Waals surface area contributed by atoms with Gasteiger partial charge < -0.3 is 20.7 Å². The van der Waals surface area contributed by atoms with Crippen molar-refractivity contribution in [2.45, 2.75) is 19.3 Å².